The molecule has 2 aromatic rings. The molecule has 2 aromatic carbocycles. The third kappa shape index (κ3) is 2.71. The number of fused-ring (bicyclic) bond motifs is 3. The van der Waals surface area contributed by atoms with Crippen LogP contribution < -0.4 is 5.32 Å². The molecule has 3 rings (SSSR count). The van der Waals surface area contributed by atoms with Crippen molar-refractivity contribution in [3.63, 3.8) is 0 Å². The summed E-state index contributed by atoms with van der Waals surface area (Å²) in [5, 5.41) is 2.81. The van der Waals surface area contributed by atoms with Crippen LogP contribution in [0.5, 0.6) is 0 Å². The number of carbonyl (C=O) groups excluding carboxylic acids is 1. The molecule has 3 nitrogen and oxygen atoms in total. The van der Waals surface area contributed by atoms with E-state index in [0.29, 0.717) is 5.92 Å². The second-order valence-corrected chi connectivity index (χ2v) is 6.74. The third-order valence-electron chi connectivity index (χ3n) is 3.88. The number of rotatable bonds is 1. The first-order chi connectivity index (χ1) is 10.3. The standard InChI is InChI=1S/C19H21NO2/c1-12-14-7-5-6-8-16(14)17-11-13(9-10-15(12)17)20-18(21)22-19(2,3)4/h5-12H,1-4H3,(H,20,21). The minimum absolute atomic E-state index is 0.391. The predicted octanol–water partition coefficient (Wildman–Crippen LogP) is 5.17. The third-order valence-corrected chi connectivity index (χ3v) is 3.88. The minimum atomic E-state index is -0.498. The second-order valence-electron chi connectivity index (χ2n) is 6.74. The maximum atomic E-state index is 11.9. The van der Waals surface area contributed by atoms with E-state index in [1.54, 1.807) is 0 Å². The minimum Gasteiger partial charge on any atom is -0.444 e. The predicted molar refractivity (Wildman–Crippen MR) is 89.3 cm³/mol. The highest BCUT2D eigenvalue weighted by molar-refractivity contribution is 5.88. The topological polar surface area (TPSA) is 38.3 Å². The molecule has 1 N–H and O–H groups in total. The van der Waals surface area contributed by atoms with Crippen LogP contribution in [0.4, 0.5) is 10.5 Å². The molecule has 0 radical (unpaired) electrons. The van der Waals surface area contributed by atoms with Gasteiger partial charge in [0.25, 0.3) is 0 Å². The first-order valence-corrected chi connectivity index (χ1v) is 7.58. The van der Waals surface area contributed by atoms with Gasteiger partial charge in [0.2, 0.25) is 0 Å². The molecule has 1 aliphatic rings. The molecular formula is C19H21NO2. The monoisotopic (exact) mass is 295 g/mol. The zero-order valence-electron chi connectivity index (χ0n) is 13.4. The number of carbonyl (C=O) groups is 1. The summed E-state index contributed by atoms with van der Waals surface area (Å²) in [6.45, 7) is 7.78. The van der Waals surface area contributed by atoms with E-state index in [1.165, 1.54) is 22.3 Å². The number of ether oxygens (including phenoxy) is 1. The average molecular weight is 295 g/mol. The molecule has 0 fully saturated rings. The molecule has 1 amide bonds. The molecular weight excluding hydrogens is 274 g/mol. The Kier molecular flexibility index (Phi) is 3.44. The van der Waals surface area contributed by atoms with Crippen LogP contribution in [0, 0.1) is 0 Å². The van der Waals surface area contributed by atoms with Crippen LogP contribution in [0.15, 0.2) is 42.5 Å². The zero-order valence-corrected chi connectivity index (χ0v) is 13.4. The lowest BCUT2D eigenvalue weighted by molar-refractivity contribution is 0.0636. The molecule has 0 saturated heterocycles. The summed E-state index contributed by atoms with van der Waals surface area (Å²) in [4.78, 5) is 11.9. The van der Waals surface area contributed by atoms with Gasteiger partial charge in [-0.2, -0.15) is 0 Å². The summed E-state index contributed by atoms with van der Waals surface area (Å²) >= 11 is 0. The van der Waals surface area contributed by atoms with E-state index in [9.17, 15) is 4.79 Å². The summed E-state index contributed by atoms with van der Waals surface area (Å²) in [6, 6.07) is 14.5. The summed E-state index contributed by atoms with van der Waals surface area (Å²) in [7, 11) is 0. The number of amides is 1. The Morgan fingerprint density at radius 3 is 2.45 bits per heavy atom. The maximum Gasteiger partial charge on any atom is 0.412 e. The number of nitrogens with one attached hydrogen (secondary N) is 1. The summed E-state index contributed by atoms with van der Waals surface area (Å²) in [5.41, 5.74) is 5.34. The van der Waals surface area contributed by atoms with Crippen LogP contribution in [0.1, 0.15) is 44.7 Å². The van der Waals surface area contributed by atoms with Crippen molar-refractivity contribution in [1.29, 1.82) is 0 Å². The zero-order chi connectivity index (χ0) is 15.9. The lowest BCUT2D eigenvalue weighted by Crippen LogP contribution is -2.27. The van der Waals surface area contributed by atoms with Gasteiger partial charge in [0.15, 0.2) is 0 Å². The Labute approximate surface area is 131 Å². The molecule has 114 valence electrons. The van der Waals surface area contributed by atoms with Gasteiger partial charge in [-0.3, -0.25) is 5.32 Å². The van der Waals surface area contributed by atoms with Crippen molar-refractivity contribution in [2.45, 2.75) is 39.2 Å². The Morgan fingerprint density at radius 1 is 1.05 bits per heavy atom. The van der Waals surface area contributed by atoms with Gasteiger partial charge in [-0.25, -0.2) is 4.79 Å². The lowest BCUT2D eigenvalue weighted by Gasteiger charge is -2.20. The van der Waals surface area contributed by atoms with Gasteiger partial charge < -0.3 is 4.74 Å². The molecule has 0 aromatic heterocycles. The Hall–Kier alpha value is -2.29. The summed E-state index contributed by atoms with van der Waals surface area (Å²) in [6.07, 6.45) is -0.424. The highest BCUT2D eigenvalue weighted by Gasteiger charge is 2.25. The normalized spacial score (nSPS) is 15.9. The van der Waals surface area contributed by atoms with Crippen LogP contribution in [0.2, 0.25) is 0 Å². The van der Waals surface area contributed by atoms with E-state index in [4.69, 9.17) is 4.74 Å². The highest BCUT2D eigenvalue weighted by atomic mass is 16.6. The van der Waals surface area contributed by atoms with Crippen molar-refractivity contribution in [1.82, 2.24) is 0 Å². The molecule has 1 unspecified atom stereocenters. The fraction of sp³-hybridized carbons (Fsp3) is 0.316. The molecule has 0 saturated carbocycles. The Balaban J connectivity index is 1.89. The second kappa shape index (κ2) is 5.16. The van der Waals surface area contributed by atoms with Crippen molar-refractivity contribution >= 4 is 11.8 Å². The smallest absolute Gasteiger partial charge is 0.412 e. The first kappa shape index (κ1) is 14.6. The molecule has 1 atom stereocenters. The van der Waals surface area contributed by atoms with Crippen LogP contribution >= 0.6 is 0 Å². The lowest BCUT2D eigenvalue weighted by atomic mass is 9.99. The van der Waals surface area contributed by atoms with Crippen LogP contribution in [-0.2, 0) is 4.74 Å². The van der Waals surface area contributed by atoms with Gasteiger partial charge >= 0.3 is 6.09 Å². The van der Waals surface area contributed by atoms with Gasteiger partial charge in [0.1, 0.15) is 5.60 Å². The molecule has 0 spiro atoms. The van der Waals surface area contributed by atoms with Gasteiger partial charge in [-0.05, 0) is 55.2 Å². The summed E-state index contributed by atoms with van der Waals surface area (Å²) < 4.78 is 5.30. The quantitative estimate of drug-likeness (QED) is 0.788. The van der Waals surface area contributed by atoms with Crippen molar-refractivity contribution in [3.05, 3.63) is 53.6 Å². The van der Waals surface area contributed by atoms with Crippen molar-refractivity contribution in [2.24, 2.45) is 0 Å². The van der Waals surface area contributed by atoms with Gasteiger partial charge in [-0.15, -0.1) is 0 Å². The molecule has 22 heavy (non-hydrogen) atoms. The SMILES string of the molecule is CC1c2ccccc2-c2cc(NC(=O)OC(C)(C)C)ccc21. The molecule has 3 heteroatoms. The first-order valence-electron chi connectivity index (χ1n) is 7.58. The fourth-order valence-electron chi connectivity index (χ4n) is 2.95. The number of hydrogen-bond acceptors (Lipinski definition) is 2. The molecule has 0 bridgehead atoms. The van der Waals surface area contributed by atoms with Crippen LogP contribution in [-0.4, -0.2) is 11.7 Å². The van der Waals surface area contributed by atoms with Gasteiger partial charge in [0, 0.05) is 11.6 Å². The van der Waals surface area contributed by atoms with Gasteiger partial charge in [-0.1, -0.05) is 37.3 Å². The number of hydrogen-bond donors (Lipinski definition) is 1. The van der Waals surface area contributed by atoms with E-state index in [0.717, 1.165) is 5.69 Å². The number of anilines is 1. The Morgan fingerprint density at radius 2 is 1.73 bits per heavy atom. The average Bonchev–Trinajstić information content (AvgIpc) is 2.71. The largest absolute Gasteiger partial charge is 0.444 e. The molecule has 1 aliphatic carbocycles. The van der Waals surface area contributed by atoms with E-state index in [1.807, 2.05) is 32.9 Å². The van der Waals surface area contributed by atoms with Gasteiger partial charge in [0.05, 0.1) is 0 Å². The van der Waals surface area contributed by atoms with Crippen LogP contribution in [0.3, 0.4) is 0 Å². The maximum absolute atomic E-state index is 11.9. The van der Waals surface area contributed by atoms with Crippen molar-refractivity contribution < 1.29 is 9.53 Å². The van der Waals surface area contributed by atoms with E-state index >= 15 is 0 Å². The fourth-order valence-corrected chi connectivity index (χ4v) is 2.95. The van der Waals surface area contributed by atoms with E-state index < -0.39 is 11.7 Å². The summed E-state index contributed by atoms with van der Waals surface area (Å²) in [5.74, 6) is 0.391. The van der Waals surface area contributed by atoms with Crippen molar-refractivity contribution in [3.8, 4) is 11.1 Å². The molecule has 0 heterocycles. The Bertz CT molecular complexity index is 728. The van der Waals surface area contributed by atoms with E-state index in [-0.39, 0.29) is 0 Å². The molecule has 0 aliphatic heterocycles. The van der Waals surface area contributed by atoms with Crippen molar-refractivity contribution in [2.75, 3.05) is 5.32 Å². The number of benzene rings is 2. The van der Waals surface area contributed by atoms with E-state index in [2.05, 4.69) is 42.6 Å². The van der Waals surface area contributed by atoms with Crippen LogP contribution in [0.25, 0.3) is 11.1 Å². The highest BCUT2D eigenvalue weighted by Crippen LogP contribution is 2.45.